The van der Waals surface area contributed by atoms with Gasteiger partial charge in [-0.05, 0) is 51.5 Å². The van der Waals surface area contributed by atoms with E-state index in [0.717, 1.165) is 5.69 Å². The number of rotatable bonds is 5. The van der Waals surface area contributed by atoms with Crippen molar-refractivity contribution in [3.8, 4) is 11.4 Å². The first-order valence-corrected chi connectivity index (χ1v) is 9.06. The van der Waals surface area contributed by atoms with Crippen LogP contribution in [0.2, 0.25) is 0 Å². The average Bonchev–Trinajstić information content (AvgIpc) is 3.02. The third-order valence-electron chi connectivity index (χ3n) is 4.46. The number of para-hydroxylation sites is 2. The number of amides is 1. The number of pyridine rings is 1. The lowest BCUT2D eigenvalue weighted by atomic mass is 10.1. The number of anilines is 1. The molecule has 0 radical (unpaired) electrons. The largest absolute Gasteiger partial charge is 0.495 e. The second kappa shape index (κ2) is 7.72. The Labute approximate surface area is 163 Å². The van der Waals surface area contributed by atoms with E-state index in [9.17, 15) is 9.59 Å². The molecular weight excluding hydrogens is 356 g/mol. The number of benzene rings is 1. The molecule has 1 amide bonds. The van der Waals surface area contributed by atoms with Crippen molar-refractivity contribution in [2.75, 3.05) is 12.4 Å². The van der Waals surface area contributed by atoms with Crippen LogP contribution in [-0.4, -0.2) is 27.4 Å². The third kappa shape index (κ3) is 3.55. The molecule has 3 aromatic rings. The molecule has 7 heteroatoms. The number of carbonyl (C=O) groups excluding carboxylic acids is 1. The summed E-state index contributed by atoms with van der Waals surface area (Å²) in [6.45, 7) is 7.56. The van der Waals surface area contributed by atoms with E-state index in [4.69, 9.17) is 4.74 Å². The lowest BCUT2D eigenvalue weighted by Crippen LogP contribution is -2.30. The van der Waals surface area contributed by atoms with Gasteiger partial charge in [0.1, 0.15) is 17.1 Å². The second-order valence-corrected chi connectivity index (χ2v) is 6.88. The molecule has 0 aliphatic rings. The first-order chi connectivity index (χ1) is 13.3. The standard InChI is InChI=1S/C21H24N4O3/c1-13(2)25-18(12-15(4)23-25)22-20(26)19-14(3)10-11-24(21(19)27)16-8-6-7-9-17(16)28-5/h6-13H,1-5H3,(H,22,26). The Morgan fingerprint density at radius 3 is 2.57 bits per heavy atom. The van der Waals surface area contributed by atoms with Crippen molar-refractivity contribution in [1.29, 1.82) is 0 Å². The van der Waals surface area contributed by atoms with Gasteiger partial charge in [-0.15, -0.1) is 0 Å². The van der Waals surface area contributed by atoms with Gasteiger partial charge in [-0.25, -0.2) is 4.68 Å². The summed E-state index contributed by atoms with van der Waals surface area (Å²) in [6.07, 6.45) is 1.65. The SMILES string of the molecule is COc1ccccc1-n1ccc(C)c(C(=O)Nc2cc(C)nn2C(C)C)c1=O. The van der Waals surface area contributed by atoms with Crippen molar-refractivity contribution >= 4 is 11.7 Å². The van der Waals surface area contributed by atoms with Crippen molar-refractivity contribution < 1.29 is 9.53 Å². The van der Waals surface area contributed by atoms with Crippen LogP contribution in [-0.2, 0) is 0 Å². The van der Waals surface area contributed by atoms with Crippen molar-refractivity contribution in [3.63, 3.8) is 0 Å². The van der Waals surface area contributed by atoms with Crippen molar-refractivity contribution in [2.45, 2.75) is 33.7 Å². The fourth-order valence-corrected chi connectivity index (χ4v) is 3.10. The topological polar surface area (TPSA) is 78.2 Å². The molecule has 0 aliphatic carbocycles. The van der Waals surface area contributed by atoms with Crippen LogP contribution >= 0.6 is 0 Å². The summed E-state index contributed by atoms with van der Waals surface area (Å²) in [5.74, 6) is 0.644. The minimum absolute atomic E-state index is 0.0751. The highest BCUT2D eigenvalue weighted by Crippen LogP contribution is 2.22. The van der Waals surface area contributed by atoms with E-state index in [1.54, 1.807) is 49.2 Å². The predicted molar refractivity (Wildman–Crippen MR) is 109 cm³/mol. The molecule has 28 heavy (non-hydrogen) atoms. The van der Waals surface area contributed by atoms with Crippen LogP contribution in [0, 0.1) is 13.8 Å². The monoisotopic (exact) mass is 380 g/mol. The molecule has 2 aromatic heterocycles. The molecule has 7 nitrogen and oxygen atoms in total. The predicted octanol–water partition coefficient (Wildman–Crippen LogP) is 3.49. The molecule has 3 rings (SSSR count). The van der Waals surface area contributed by atoms with Gasteiger partial charge in [-0.1, -0.05) is 12.1 Å². The highest BCUT2D eigenvalue weighted by atomic mass is 16.5. The smallest absolute Gasteiger partial charge is 0.268 e. The summed E-state index contributed by atoms with van der Waals surface area (Å²) >= 11 is 0. The van der Waals surface area contributed by atoms with E-state index in [2.05, 4.69) is 10.4 Å². The quantitative estimate of drug-likeness (QED) is 0.735. The molecule has 1 N–H and O–H groups in total. The molecule has 0 saturated carbocycles. The van der Waals surface area contributed by atoms with E-state index in [0.29, 0.717) is 22.8 Å². The summed E-state index contributed by atoms with van der Waals surface area (Å²) in [6, 6.07) is 10.8. The Morgan fingerprint density at radius 2 is 1.89 bits per heavy atom. The number of carbonyl (C=O) groups is 1. The summed E-state index contributed by atoms with van der Waals surface area (Å²) in [5.41, 5.74) is 1.64. The fraction of sp³-hybridized carbons (Fsp3) is 0.286. The number of aryl methyl sites for hydroxylation is 2. The zero-order chi connectivity index (χ0) is 20.4. The Hall–Kier alpha value is -3.35. The van der Waals surface area contributed by atoms with Crippen LogP contribution in [0.5, 0.6) is 5.75 Å². The Balaban J connectivity index is 2.06. The maximum absolute atomic E-state index is 13.1. The van der Waals surface area contributed by atoms with E-state index in [1.807, 2.05) is 32.9 Å². The molecule has 0 saturated heterocycles. The van der Waals surface area contributed by atoms with Gasteiger partial charge in [0.2, 0.25) is 0 Å². The highest BCUT2D eigenvalue weighted by molar-refractivity contribution is 6.04. The first kappa shape index (κ1) is 19.4. The number of hydrogen-bond donors (Lipinski definition) is 1. The van der Waals surface area contributed by atoms with Gasteiger partial charge in [-0.2, -0.15) is 5.10 Å². The van der Waals surface area contributed by atoms with Crippen molar-refractivity contribution in [1.82, 2.24) is 14.3 Å². The van der Waals surface area contributed by atoms with Crippen LogP contribution in [0.1, 0.15) is 41.5 Å². The zero-order valence-electron chi connectivity index (χ0n) is 16.7. The number of hydrogen-bond acceptors (Lipinski definition) is 4. The summed E-state index contributed by atoms with van der Waals surface area (Å²) in [4.78, 5) is 26.1. The van der Waals surface area contributed by atoms with Crippen LogP contribution in [0.4, 0.5) is 5.82 Å². The fourth-order valence-electron chi connectivity index (χ4n) is 3.10. The highest BCUT2D eigenvalue weighted by Gasteiger charge is 2.20. The first-order valence-electron chi connectivity index (χ1n) is 9.06. The molecule has 2 heterocycles. The lowest BCUT2D eigenvalue weighted by molar-refractivity contribution is 0.102. The zero-order valence-corrected chi connectivity index (χ0v) is 16.7. The number of aromatic nitrogens is 3. The van der Waals surface area contributed by atoms with Gasteiger partial charge in [0.25, 0.3) is 11.5 Å². The van der Waals surface area contributed by atoms with E-state index in [-0.39, 0.29) is 11.6 Å². The molecule has 0 fully saturated rings. The van der Waals surface area contributed by atoms with Crippen LogP contribution in [0.25, 0.3) is 5.69 Å². The minimum atomic E-state index is -0.464. The van der Waals surface area contributed by atoms with Crippen LogP contribution in [0.3, 0.4) is 0 Å². The van der Waals surface area contributed by atoms with Gasteiger partial charge in [0.15, 0.2) is 0 Å². The van der Waals surface area contributed by atoms with Crippen LogP contribution < -0.4 is 15.6 Å². The Morgan fingerprint density at radius 1 is 1.18 bits per heavy atom. The number of nitrogens with zero attached hydrogens (tertiary/aromatic N) is 3. The lowest BCUT2D eigenvalue weighted by Gasteiger charge is -2.15. The third-order valence-corrected chi connectivity index (χ3v) is 4.46. The second-order valence-electron chi connectivity index (χ2n) is 6.88. The summed E-state index contributed by atoms with van der Waals surface area (Å²) < 4.78 is 8.50. The minimum Gasteiger partial charge on any atom is -0.495 e. The van der Waals surface area contributed by atoms with Gasteiger partial charge in [0.05, 0.1) is 18.5 Å². The van der Waals surface area contributed by atoms with Gasteiger partial charge in [-0.3, -0.25) is 14.2 Å². The Kier molecular flexibility index (Phi) is 5.35. The number of ether oxygens (including phenoxy) is 1. The van der Waals surface area contributed by atoms with Crippen molar-refractivity contribution in [3.05, 3.63) is 69.8 Å². The molecule has 0 bridgehead atoms. The van der Waals surface area contributed by atoms with Gasteiger partial charge < -0.3 is 10.1 Å². The molecule has 1 aromatic carbocycles. The molecular formula is C21H24N4O3. The van der Waals surface area contributed by atoms with E-state index < -0.39 is 11.5 Å². The maximum Gasteiger partial charge on any atom is 0.268 e. The van der Waals surface area contributed by atoms with E-state index >= 15 is 0 Å². The average molecular weight is 380 g/mol. The summed E-state index contributed by atoms with van der Waals surface area (Å²) in [7, 11) is 1.54. The molecule has 0 atom stereocenters. The van der Waals surface area contributed by atoms with Crippen molar-refractivity contribution in [2.24, 2.45) is 0 Å². The van der Waals surface area contributed by atoms with Gasteiger partial charge in [0, 0.05) is 18.3 Å². The molecule has 0 aliphatic heterocycles. The molecule has 0 unspecified atom stereocenters. The summed E-state index contributed by atoms with van der Waals surface area (Å²) in [5, 5.41) is 7.23. The molecule has 146 valence electrons. The van der Waals surface area contributed by atoms with Crippen LogP contribution in [0.15, 0.2) is 47.4 Å². The maximum atomic E-state index is 13.1. The van der Waals surface area contributed by atoms with Gasteiger partial charge >= 0.3 is 0 Å². The van der Waals surface area contributed by atoms with E-state index in [1.165, 1.54) is 4.57 Å². The number of methoxy groups -OCH3 is 1. The Bertz CT molecular complexity index is 1080. The number of nitrogens with one attached hydrogen (secondary N) is 1. The molecule has 0 spiro atoms. The normalized spacial score (nSPS) is 10.9.